The molecule has 2 heterocycles. The van der Waals surface area contributed by atoms with Crippen LogP contribution in [0.1, 0.15) is 26.2 Å². The van der Waals surface area contributed by atoms with Gasteiger partial charge in [0.1, 0.15) is 6.04 Å². The van der Waals surface area contributed by atoms with Crippen molar-refractivity contribution in [3.63, 3.8) is 0 Å². The Morgan fingerprint density at radius 3 is 2.32 bits per heavy atom. The van der Waals surface area contributed by atoms with E-state index in [1.165, 1.54) is 6.42 Å². The van der Waals surface area contributed by atoms with Crippen LogP contribution in [0, 0.1) is 0 Å². The van der Waals surface area contributed by atoms with Crippen molar-refractivity contribution in [2.24, 2.45) is 0 Å². The van der Waals surface area contributed by atoms with Gasteiger partial charge in [-0.1, -0.05) is 0 Å². The molecule has 8 heteroatoms. The van der Waals surface area contributed by atoms with Gasteiger partial charge in [0.25, 0.3) is 0 Å². The van der Waals surface area contributed by atoms with E-state index in [-0.39, 0.29) is 22.4 Å². The van der Waals surface area contributed by atoms with Gasteiger partial charge < -0.3 is 10.2 Å². The predicted molar refractivity (Wildman–Crippen MR) is 73.4 cm³/mol. The minimum Gasteiger partial charge on any atom is -0.343 e. The van der Waals surface area contributed by atoms with Crippen molar-refractivity contribution in [2.45, 2.75) is 32.2 Å². The summed E-state index contributed by atoms with van der Waals surface area (Å²) < 4.78 is 0. The van der Waals surface area contributed by atoms with Gasteiger partial charge in [0.2, 0.25) is 22.4 Å². The Morgan fingerprint density at radius 1 is 1.16 bits per heavy atom. The van der Waals surface area contributed by atoms with Crippen molar-refractivity contribution in [3.8, 4) is 0 Å². The summed E-state index contributed by atoms with van der Waals surface area (Å²) >= 11 is 11.4. The van der Waals surface area contributed by atoms with Gasteiger partial charge >= 0.3 is 0 Å². The molecule has 0 aromatic carbocycles. The minimum atomic E-state index is -0.423. The Kier molecular flexibility index (Phi) is 4.76. The van der Waals surface area contributed by atoms with E-state index < -0.39 is 6.04 Å². The van der Waals surface area contributed by atoms with Crippen molar-refractivity contribution in [2.75, 3.05) is 18.4 Å². The van der Waals surface area contributed by atoms with Gasteiger partial charge in [-0.05, 0) is 49.4 Å². The van der Waals surface area contributed by atoms with Gasteiger partial charge in [0.15, 0.2) is 0 Å². The van der Waals surface area contributed by atoms with Gasteiger partial charge in [-0.3, -0.25) is 4.79 Å². The number of hydrogen-bond donors (Lipinski definition) is 1. The first-order chi connectivity index (χ1) is 9.06. The van der Waals surface area contributed by atoms with Crippen molar-refractivity contribution in [1.29, 1.82) is 0 Å². The lowest BCUT2D eigenvalue weighted by Gasteiger charge is -2.29. The summed E-state index contributed by atoms with van der Waals surface area (Å²) in [4.78, 5) is 25.5. The molecule has 1 atom stereocenters. The van der Waals surface area contributed by atoms with E-state index >= 15 is 0 Å². The number of rotatable bonds is 3. The average molecular weight is 304 g/mol. The number of hydrogen-bond acceptors (Lipinski definition) is 5. The van der Waals surface area contributed by atoms with Crippen molar-refractivity contribution < 1.29 is 4.79 Å². The molecule has 1 N–H and O–H groups in total. The molecule has 1 aromatic heterocycles. The Balaban J connectivity index is 1.99. The number of nitrogens with one attached hydrogen (secondary N) is 1. The van der Waals surface area contributed by atoms with Gasteiger partial charge in [-0.2, -0.15) is 15.0 Å². The SMILES string of the molecule is CC(Nc1nc(Cl)nc(Cl)n1)C(=O)N1CCCCC1. The van der Waals surface area contributed by atoms with Gasteiger partial charge in [0.05, 0.1) is 0 Å². The van der Waals surface area contributed by atoms with E-state index in [9.17, 15) is 4.79 Å². The maximum Gasteiger partial charge on any atom is 0.244 e. The second-order valence-corrected chi connectivity index (χ2v) is 5.13. The van der Waals surface area contributed by atoms with Crippen molar-refractivity contribution in [1.82, 2.24) is 19.9 Å². The van der Waals surface area contributed by atoms with E-state index in [1.54, 1.807) is 6.92 Å². The second kappa shape index (κ2) is 6.34. The Hall–Kier alpha value is -1.14. The first-order valence-electron chi connectivity index (χ1n) is 6.18. The summed E-state index contributed by atoms with van der Waals surface area (Å²) in [6.45, 7) is 3.38. The number of anilines is 1. The molecule has 1 aliphatic rings. The predicted octanol–water partition coefficient (Wildman–Crippen LogP) is 1.99. The molecule has 1 fully saturated rings. The number of likely N-dealkylation sites (tertiary alicyclic amines) is 1. The molecule has 0 spiro atoms. The van der Waals surface area contributed by atoms with Crippen LogP contribution in [0.25, 0.3) is 0 Å². The number of carbonyl (C=O) groups excluding carboxylic acids is 1. The quantitative estimate of drug-likeness (QED) is 0.924. The van der Waals surface area contributed by atoms with E-state index in [0.717, 1.165) is 25.9 Å². The highest BCUT2D eigenvalue weighted by atomic mass is 35.5. The Bertz CT molecular complexity index is 444. The zero-order valence-electron chi connectivity index (χ0n) is 10.6. The largest absolute Gasteiger partial charge is 0.343 e. The van der Waals surface area contributed by atoms with Crippen LogP contribution >= 0.6 is 23.2 Å². The fourth-order valence-electron chi connectivity index (χ4n) is 2.03. The summed E-state index contributed by atoms with van der Waals surface area (Å²) in [5, 5.41) is 2.90. The third kappa shape index (κ3) is 3.91. The summed E-state index contributed by atoms with van der Waals surface area (Å²) in [5.41, 5.74) is 0. The van der Waals surface area contributed by atoms with E-state index in [4.69, 9.17) is 23.2 Å². The van der Waals surface area contributed by atoms with Crippen LogP contribution in [0.15, 0.2) is 0 Å². The molecule has 104 valence electrons. The second-order valence-electron chi connectivity index (χ2n) is 4.45. The number of halogens is 2. The molecule has 6 nitrogen and oxygen atoms in total. The molecule has 1 aromatic rings. The summed E-state index contributed by atoms with van der Waals surface area (Å²) in [5.74, 6) is 0.246. The van der Waals surface area contributed by atoms with Crippen molar-refractivity contribution in [3.05, 3.63) is 10.6 Å². The highest BCUT2D eigenvalue weighted by Crippen LogP contribution is 2.13. The van der Waals surface area contributed by atoms with Crippen molar-refractivity contribution >= 4 is 35.1 Å². The number of amides is 1. The third-order valence-electron chi connectivity index (χ3n) is 2.96. The van der Waals surface area contributed by atoms with E-state index in [0.29, 0.717) is 0 Å². The number of carbonyl (C=O) groups is 1. The lowest BCUT2D eigenvalue weighted by Crippen LogP contribution is -2.44. The molecular weight excluding hydrogens is 289 g/mol. The molecule has 2 rings (SSSR count). The highest BCUT2D eigenvalue weighted by molar-refractivity contribution is 6.31. The molecule has 0 radical (unpaired) electrons. The van der Waals surface area contributed by atoms with Gasteiger partial charge in [-0.15, -0.1) is 0 Å². The first-order valence-corrected chi connectivity index (χ1v) is 6.94. The van der Waals surface area contributed by atoms with Crippen LogP contribution in [0.5, 0.6) is 0 Å². The molecule has 0 saturated carbocycles. The average Bonchev–Trinajstić information content (AvgIpc) is 2.37. The Labute approximate surface area is 121 Å². The van der Waals surface area contributed by atoms with Gasteiger partial charge in [0, 0.05) is 13.1 Å². The molecule has 1 aliphatic heterocycles. The van der Waals surface area contributed by atoms with E-state index in [2.05, 4.69) is 20.3 Å². The maximum atomic E-state index is 12.2. The van der Waals surface area contributed by atoms with Crippen LogP contribution < -0.4 is 5.32 Å². The summed E-state index contributed by atoms with van der Waals surface area (Å²) in [7, 11) is 0. The first kappa shape index (κ1) is 14.3. The lowest BCUT2D eigenvalue weighted by molar-refractivity contribution is -0.132. The number of aromatic nitrogens is 3. The fourth-order valence-corrected chi connectivity index (χ4v) is 2.40. The van der Waals surface area contributed by atoms with Crippen LogP contribution in [0.4, 0.5) is 5.95 Å². The maximum absolute atomic E-state index is 12.2. The molecule has 1 amide bonds. The van der Waals surface area contributed by atoms with Crippen LogP contribution in [-0.2, 0) is 4.79 Å². The summed E-state index contributed by atoms with van der Waals surface area (Å²) in [6.07, 6.45) is 3.30. The lowest BCUT2D eigenvalue weighted by atomic mass is 10.1. The zero-order valence-corrected chi connectivity index (χ0v) is 12.1. The topological polar surface area (TPSA) is 71.0 Å². The standard InChI is InChI=1S/C11H15Cl2N5O/c1-7(8(19)18-5-3-2-4-6-18)14-11-16-9(12)15-10(13)17-11/h7H,2-6H2,1H3,(H,14,15,16,17). The molecule has 0 aliphatic carbocycles. The zero-order chi connectivity index (χ0) is 13.8. The minimum absolute atomic E-state index is 0.000112. The molecule has 1 unspecified atom stereocenters. The Morgan fingerprint density at radius 2 is 1.74 bits per heavy atom. The monoisotopic (exact) mass is 303 g/mol. The number of piperidine rings is 1. The molecular formula is C11H15Cl2N5O. The van der Waals surface area contributed by atoms with Crippen LogP contribution in [0.3, 0.4) is 0 Å². The fraction of sp³-hybridized carbons (Fsp3) is 0.636. The van der Waals surface area contributed by atoms with Crippen LogP contribution in [0.2, 0.25) is 10.6 Å². The molecule has 1 saturated heterocycles. The smallest absolute Gasteiger partial charge is 0.244 e. The van der Waals surface area contributed by atoms with E-state index in [1.807, 2.05) is 4.90 Å². The highest BCUT2D eigenvalue weighted by Gasteiger charge is 2.22. The number of nitrogens with zero attached hydrogens (tertiary/aromatic N) is 4. The third-order valence-corrected chi connectivity index (χ3v) is 3.30. The molecule has 19 heavy (non-hydrogen) atoms. The van der Waals surface area contributed by atoms with Gasteiger partial charge in [-0.25, -0.2) is 0 Å². The normalized spacial score (nSPS) is 17.1. The molecule has 0 bridgehead atoms. The van der Waals surface area contributed by atoms with Crippen LogP contribution in [-0.4, -0.2) is 44.9 Å². The summed E-state index contributed by atoms with van der Waals surface area (Å²) in [6, 6.07) is -0.423.